The summed E-state index contributed by atoms with van der Waals surface area (Å²) in [6.45, 7) is 1.99. The summed E-state index contributed by atoms with van der Waals surface area (Å²) in [6.07, 6.45) is 0. The van der Waals surface area contributed by atoms with E-state index in [1.54, 1.807) is 31.3 Å². The van der Waals surface area contributed by atoms with E-state index in [4.69, 9.17) is 0 Å². The molecule has 0 radical (unpaired) electrons. The van der Waals surface area contributed by atoms with Crippen LogP contribution in [0, 0.1) is 6.92 Å². The van der Waals surface area contributed by atoms with Crippen molar-refractivity contribution in [3.63, 3.8) is 0 Å². The first-order valence-corrected chi connectivity index (χ1v) is 7.62. The highest BCUT2D eigenvalue weighted by Gasteiger charge is 2.14. The molecule has 2 aromatic rings. The number of carbonyl (C=O) groups is 2. The number of rotatable bonds is 4. The standard InChI is InChI=1S/C17H17BrN2O2/c1-12-3-9-15(10-4-12)19-16(21)11-20(2)17(22)13-5-7-14(18)8-6-13/h3-10H,11H2,1-2H3,(H,19,21). The molecule has 0 bridgehead atoms. The van der Waals surface area contributed by atoms with Gasteiger partial charge in [-0.25, -0.2) is 0 Å². The highest BCUT2D eigenvalue weighted by molar-refractivity contribution is 9.10. The van der Waals surface area contributed by atoms with Gasteiger partial charge in [0.25, 0.3) is 5.91 Å². The molecule has 0 aliphatic rings. The van der Waals surface area contributed by atoms with Crippen LogP contribution in [0.15, 0.2) is 53.0 Å². The summed E-state index contributed by atoms with van der Waals surface area (Å²) in [5, 5.41) is 2.78. The fraction of sp³-hybridized carbons (Fsp3) is 0.176. The average Bonchev–Trinajstić information content (AvgIpc) is 2.49. The van der Waals surface area contributed by atoms with Gasteiger partial charge in [0.15, 0.2) is 0 Å². The van der Waals surface area contributed by atoms with Gasteiger partial charge in [0, 0.05) is 22.8 Å². The molecule has 22 heavy (non-hydrogen) atoms. The minimum atomic E-state index is -0.225. The van der Waals surface area contributed by atoms with Crippen molar-refractivity contribution in [2.45, 2.75) is 6.92 Å². The third-order valence-corrected chi connectivity index (χ3v) is 3.68. The third kappa shape index (κ3) is 4.43. The summed E-state index contributed by atoms with van der Waals surface area (Å²) in [5.41, 5.74) is 2.40. The number of hydrogen-bond acceptors (Lipinski definition) is 2. The van der Waals surface area contributed by atoms with Gasteiger partial charge < -0.3 is 10.2 Å². The molecule has 2 amide bonds. The lowest BCUT2D eigenvalue weighted by molar-refractivity contribution is -0.116. The number of anilines is 1. The number of halogens is 1. The Morgan fingerprint density at radius 1 is 1.05 bits per heavy atom. The van der Waals surface area contributed by atoms with E-state index in [1.165, 1.54) is 4.90 Å². The molecule has 5 heteroatoms. The molecule has 0 aliphatic heterocycles. The monoisotopic (exact) mass is 360 g/mol. The van der Waals surface area contributed by atoms with E-state index in [0.29, 0.717) is 5.56 Å². The topological polar surface area (TPSA) is 49.4 Å². The third-order valence-electron chi connectivity index (χ3n) is 3.15. The van der Waals surface area contributed by atoms with Crippen LogP contribution in [0.4, 0.5) is 5.69 Å². The maximum atomic E-state index is 12.2. The lowest BCUT2D eigenvalue weighted by Crippen LogP contribution is -2.34. The second kappa shape index (κ2) is 7.22. The van der Waals surface area contributed by atoms with Gasteiger partial charge in [0.2, 0.25) is 5.91 Å². The smallest absolute Gasteiger partial charge is 0.254 e. The first-order valence-electron chi connectivity index (χ1n) is 6.83. The normalized spacial score (nSPS) is 10.1. The molecule has 1 N–H and O–H groups in total. The first kappa shape index (κ1) is 16.2. The Morgan fingerprint density at radius 2 is 1.64 bits per heavy atom. The zero-order valence-corrected chi connectivity index (χ0v) is 14.1. The molecule has 114 valence electrons. The summed E-state index contributed by atoms with van der Waals surface area (Å²) in [5.74, 6) is -0.414. The highest BCUT2D eigenvalue weighted by atomic mass is 79.9. The molecule has 0 heterocycles. The number of amides is 2. The molecule has 2 aromatic carbocycles. The van der Waals surface area contributed by atoms with Crippen molar-refractivity contribution in [2.24, 2.45) is 0 Å². The predicted molar refractivity (Wildman–Crippen MR) is 90.9 cm³/mol. The summed E-state index contributed by atoms with van der Waals surface area (Å²) in [6, 6.07) is 14.6. The van der Waals surface area contributed by atoms with Gasteiger partial charge in [0.1, 0.15) is 0 Å². The van der Waals surface area contributed by atoms with Crippen LogP contribution in [-0.2, 0) is 4.79 Å². The molecule has 0 aliphatic carbocycles. The quantitative estimate of drug-likeness (QED) is 0.907. The van der Waals surface area contributed by atoms with Gasteiger partial charge in [-0.15, -0.1) is 0 Å². The van der Waals surface area contributed by atoms with Crippen molar-refractivity contribution < 1.29 is 9.59 Å². The van der Waals surface area contributed by atoms with Crippen LogP contribution in [0.3, 0.4) is 0 Å². The van der Waals surface area contributed by atoms with E-state index in [9.17, 15) is 9.59 Å². The molecule has 0 spiro atoms. The zero-order valence-electron chi connectivity index (χ0n) is 12.5. The maximum Gasteiger partial charge on any atom is 0.254 e. The molecule has 0 aromatic heterocycles. The summed E-state index contributed by atoms with van der Waals surface area (Å²) in [7, 11) is 1.61. The van der Waals surface area contributed by atoms with Crippen molar-refractivity contribution in [3.8, 4) is 0 Å². The van der Waals surface area contributed by atoms with Crippen LogP contribution < -0.4 is 5.32 Å². The SMILES string of the molecule is Cc1ccc(NC(=O)CN(C)C(=O)c2ccc(Br)cc2)cc1. The Labute approximate surface area is 138 Å². The second-order valence-corrected chi connectivity index (χ2v) is 6.00. The summed E-state index contributed by atoms with van der Waals surface area (Å²) in [4.78, 5) is 25.6. The van der Waals surface area contributed by atoms with Crippen LogP contribution in [0.25, 0.3) is 0 Å². The number of nitrogens with one attached hydrogen (secondary N) is 1. The van der Waals surface area contributed by atoms with Gasteiger partial charge in [-0.05, 0) is 43.3 Å². The molecular formula is C17H17BrN2O2. The predicted octanol–water partition coefficient (Wildman–Crippen LogP) is 3.47. The van der Waals surface area contributed by atoms with Gasteiger partial charge in [-0.3, -0.25) is 9.59 Å². The van der Waals surface area contributed by atoms with Crippen LogP contribution in [0.5, 0.6) is 0 Å². The van der Waals surface area contributed by atoms with Gasteiger partial charge in [-0.2, -0.15) is 0 Å². The maximum absolute atomic E-state index is 12.2. The number of carbonyl (C=O) groups excluding carboxylic acids is 2. The molecule has 0 atom stereocenters. The molecule has 0 unspecified atom stereocenters. The molecule has 2 rings (SSSR count). The molecule has 0 saturated heterocycles. The lowest BCUT2D eigenvalue weighted by Gasteiger charge is -2.17. The van der Waals surface area contributed by atoms with E-state index < -0.39 is 0 Å². The van der Waals surface area contributed by atoms with E-state index in [1.807, 2.05) is 31.2 Å². The van der Waals surface area contributed by atoms with Crippen LogP contribution >= 0.6 is 15.9 Å². The molecular weight excluding hydrogens is 344 g/mol. The number of benzene rings is 2. The Morgan fingerprint density at radius 3 is 2.23 bits per heavy atom. The lowest BCUT2D eigenvalue weighted by atomic mass is 10.2. The van der Waals surface area contributed by atoms with E-state index in [-0.39, 0.29) is 18.4 Å². The van der Waals surface area contributed by atoms with Crippen molar-refractivity contribution in [2.75, 3.05) is 18.9 Å². The van der Waals surface area contributed by atoms with Crippen molar-refractivity contribution in [1.82, 2.24) is 4.90 Å². The van der Waals surface area contributed by atoms with Gasteiger partial charge in [-0.1, -0.05) is 33.6 Å². The van der Waals surface area contributed by atoms with Crippen molar-refractivity contribution >= 4 is 33.4 Å². The molecule has 0 fully saturated rings. The van der Waals surface area contributed by atoms with Gasteiger partial charge >= 0.3 is 0 Å². The number of likely N-dealkylation sites (N-methyl/N-ethyl adjacent to an activating group) is 1. The van der Waals surface area contributed by atoms with Crippen LogP contribution in [0.1, 0.15) is 15.9 Å². The zero-order chi connectivity index (χ0) is 16.1. The molecule has 4 nitrogen and oxygen atoms in total. The van der Waals surface area contributed by atoms with Crippen LogP contribution in [0.2, 0.25) is 0 Å². The number of hydrogen-bond donors (Lipinski definition) is 1. The average molecular weight is 361 g/mol. The Balaban J connectivity index is 1.94. The molecule has 0 saturated carbocycles. The van der Waals surface area contributed by atoms with E-state index in [0.717, 1.165) is 15.7 Å². The number of aryl methyl sites for hydroxylation is 1. The minimum Gasteiger partial charge on any atom is -0.332 e. The Bertz CT molecular complexity index is 666. The summed E-state index contributed by atoms with van der Waals surface area (Å²) >= 11 is 3.32. The first-order chi connectivity index (χ1) is 10.5. The van der Waals surface area contributed by atoms with Crippen molar-refractivity contribution in [3.05, 3.63) is 64.1 Å². The fourth-order valence-corrected chi connectivity index (χ4v) is 2.20. The fourth-order valence-electron chi connectivity index (χ4n) is 1.94. The number of nitrogens with zero attached hydrogens (tertiary/aromatic N) is 1. The van der Waals surface area contributed by atoms with Crippen molar-refractivity contribution in [1.29, 1.82) is 0 Å². The Kier molecular flexibility index (Phi) is 5.33. The Hall–Kier alpha value is -2.14. The second-order valence-electron chi connectivity index (χ2n) is 5.08. The van der Waals surface area contributed by atoms with Crippen LogP contribution in [-0.4, -0.2) is 30.3 Å². The van der Waals surface area contributed by atoms with Gasteiger partial charge in [0.05, 0.1) is 6.54 Å². The summed E-state index contributed by atoms with van der Waals surface area (Å²) < 4.78 is 0.906. The van der Waals surface area contributed by atoms with E-state index >= 15 is 0 Å². The highest BCUT2D eigenvalue weighted by Crippen LogP contribution is 2.12. The largest absolute Gasteiger partial charge is 0.332 e. The minimum absolute atomic E-state index is 0.00275. The van der Waals surface area contributed by atoms with E-state index in [2.05, 4.69) is 21.2 Å².